The molecular formula is C26H24BrNO3. The average molecular weight is 478 g/mol. The van der Waals surface area contributed by atoms with Crippen molar-refractivity contribution in [1.29, 1.82) is 0 Å². The maximum Gasteiger partial charge on any atom is 0.264 e. The Labute approximate surface area is 190 Å². The minimum Gasteiger partial charge on any atom is -0.375 e. The number of benzene rings is 3. The molecule has 0 unspecified atom stereocenters. The largest absolute Gasteiger partial charge is 0.375 e. The minimum absolute atomic E-state index is 0.246. The lowest BCUT2D eigenvalue weighted by Gasteiger charge is -2.23. The van der Waals surface area contributed by atoms with Crippen molar-refractivity contribution in [3.05, 3.63) is 98.5 Å². The number of hydrogen-bond donors (Lipinski definition) is 1. The predicted molar refractivity (Wildman–Crippen MR) is 125 cm³/mol. The van der Waals surface area contributed by atoms with E-state index in [1.807, 2.05) is 75.4 Å². The summed E-state index contributed by atoms with van der Waals surface area (Å²) in [6.45, 7) is 6.16. The van der Waals surface area contributed by atoms with Gasteiger partial charge in [0.05, 0.1) is 18.7 Å². The number of Topliss-reactive ketones (excluding diaryl/α,β-unsaturated/α-hetero) is 1. The third-order valence-corrected chi connectivity index (χ3v) is 6.53. The molecule has 1 aliphatic heterocycles. The summed E-state index contributed by atoms with van der Waals surface area (Å²) in [6, 6.07) is 18.8. The van der Waals surface area contributed by atoms with Crippen LogP contribution in [0.3, 0.4) is 0 Å². The van der Waals surface area contributed by atoms with E-state index in [1.165, 1.54) is 0 Å². The van der Waals surface area contributed by atoms with Gasteiger partial charge in [0.2, 0.25) is 0 Å². The fourth-order valence-corrected chi connectivity index (χ4v) is 4.57. The summed E-state index contributed by atoms with van der Waals surface area (Å²) in [7, 11) is 0. The van der Waals surface area contributed by atoms with E-state index in [-0.39, 0.29) is 12.2 Å². The fourth-order valence-electron chi connectivity index (χ4n) is 4.21. The second-order valence-corrected chi connectivity index (χ2v) is 9.17. The monoisotopic (exact) mass is 477 g/mol. The molecular weight excluding hydrogens is 454 g/mol. The van der Waals surface area contributed by atoms with Crippen molar-refractivity contribution in [3.8, 4) is 0 Å². The molecule has 0 radical (unpaired) electrons. The molecule has 1 aliphatic rings. The molecule has 3 aromatic rings. The van der Waals surface area contributed by atoms with E-state index in [9.17, 15) is 14.7 Å². The Hall–Kier alpha value is -2.76. The summed E-state index contributed by atoms with van der Waals surface area (Å²) in [5, 5.41) is 11.6. The smallest absolute Gasteiger partial charge is 0.264 e. The van der Waals surface area contributed by atoms with Crippen LogP contribution in [0, 0.1) is 20.8 Å². The van der Waals surface area contributed by atoms with Gasteiger partial charge in [0.25, 0.3) is 5.91 Å². The van der Waals surface area contributed by atoms with E-state index in [4.69, 9.17) is 0 Å². The lowest BCUT2D eigenvalue weighted by Crippen LogP contribution is -2.41. The number of fused-ring (bicyclic) bond motifs is 1. The van der Waals surface area contributed by atoms with Crippen molar-refractivity contribution in [3.63, 3.8) is 0 Å². The van der Waals surface area contributed by atoms with Crippen LogP contribution in [-0.4, -0.2) is 16.8 Å². The van der Waals surface area contributed by atoms with Gasteiger partial charge in [0.1, 0.15) is 0 Å². The Morgan fingerprint density at radius 1 is 0.968 bits per heavy atom. The van der Waals surface area contributed by atoms with Gasteiger partial charge in [0, 0.05) is 15.6 Å². The van der Waals surface area contributed by atoms with Crippen molar-refractivity contribution in [2.45, 2.75) is 39.3 Å². The maximum absolute atomic E-state index is 13.5. The quantitative estimate of drug-likeness (QED) is 0.501. The third kappa shape index (κ3) is 3.84. The van der Waals surface area contributed by atoms with E-state index in [0.29, 0.717) is 23.4 Å². The van der Waals surface area contributed by atoms with Crippen LogP contribution < -0.4 is 4.90 Å². The summed E-state index contributed by atoms with van der Waals surface area (Å²) in [5.74, 6) is -0.719. The van der Waals surface area contributed by atoms with Crippen molar-refractivity contribution in [1.82, 2.24) is 0 Å². The molecule has 0 spiro atoms. The van der Waals surface area contributed by atoms with Crippen LogP contribution in [0.1, 0.15) is 44.6 Å². The summed E-state index contributed by atoms with van der Waals surface area (Å²) < 4.78 is 0.744. The molecule has 0 aliphatic carbocycles. The number of anilines is 1. The van der Waals surface area contributed by atoms with Crippen LogP contribution in [0.15, 0.2) is 65.1 Å². The molecule has 158 valence electrons. The highest BCUT2D eigenvalue weighted by Crippen LogP contribution is 2.45. The first-order valence-corrected chi connectivity index (χ1v) is 11.0. The highest BCUT2D eigenvalue weighted by molar-refractivity contribution is 9.10. The second-order valence-electron chi connectivity index (χ2n) is 8.25. The number of amides is 1. The molecule has 1 N–H and O–H groups in total. The lowest BCUT2D eigenvalue weighted by atomic mass is 9.86. The highest BCUT2D eigenvalue weighted by atomic mass is 79.9. The molecule has 0 aromatic heterocycles. The third-order valence-electron chi connectivity index (χ3n) is 6.03. The topological polar surface area (TPSA) is 57.6 Å². The summed E-state index contributed by atoms with van der Waals surface area (Å²) in [5.41, 5.74) is 3.63. The summed E-state index contributed by atoms with van der Waals surface area (Å²) >= 11 is 3.44. The van der Waals surface area contributed by atoms with Crippen LogP contribution >= 0.6 is 15.9 Å². The summed E-state index contributed by atoms with van der Waals surface area (Å²) in [4.78, 5) is 28.3. The fraction of sp³-hybridized carbons (Fsp3) is 0.231. The molecule has 5 heteroatoms. The van der Waals surface area contributed by atoms with Crippen LogP contribution in [0.2, 0.25) is 0 Å². The van der Waals surface area contributed by atoms with E-state index < -0.39 is 11.5 Å². The maximum atomic E-state index is 13.5. The Bertz CT molecular complexity index is 1190. The van der Waals surface area contributed by atoms with Gasteiger partial charge in [-0.1, -0.05) is 52.3 Å². The normalized spacial score (nSPS) is 17.7. The van der Waals surface area contributed by atoms with Gasteiger partial charge in [-0.3, -0.25) is 9.59 Å². The van der Waals surface area contributed by atoms with Gasteiger partial charge in [-0.05, 0) is 67.3 Å². The number of ketones is 1. The molecule has 4 nitrogen and oxygen atoms in total. The zero-order valence-electron chi connectivity index (χ0n) is 17.8. The molecule has 4 rings (SSSR count). The molecule has 0 fully saturated rings. The van der Waals surface area contributed by atoms with Crippen LogP contribution in [0.4, 0.5) is 5.69 Å². The summed E-state index contributed by atoms with van der Waals surface area (Å²) in [6.07, 6.45) is -0.302. The molecule has 1 amide bonds. The van der Waals surface area contributed by atoms with E-state index in [2.05, 4.69) is 15.9 Å². The second kappa shape index (κ2) is 8.06. The lowest BCUT2D eigenvalue weighted by molar-refractivity contribution is -0.136. The van der Waals surface area contributed by atoms with Crippen molar-refractivity contribution < 1.29 is 14.7 Å². The Kier molecular flexibility index (Phi) is 5.58. The van der Waals surface area contributed by atoms with Crippen LogP contribution in [-0.2, 0) is 16.9 Å². The van der Waals surface area contributed by atoms with E-state index in [0.717, 1.165) is 26.7 Å². The van der Waals surface area contributed by atoms with Gasteiger partial charge in [-0.25, -0.2) is 0 Å². The van der Waals surface area contributed by atoms with Gasteiger partial charge >= 0.3 is 0 Å². The van der Waals surface area contributed by atoms with Crippen molar-refractivity contribution >= 4 is 33.3 Å². The number of carbonyl (C=O) groups is 2. The number of halogens is 1. The molecule has 31 heavy (non-hydrogen) atoms. The first-order chi connectivity index (χ1) is 14.7. The predicted octanol–water partition coefficient (Wildman–Crippen LogP) is 5.38. The molecule has 0 bridgehead atoms. The SMILES string of the molecule is Cc1cc(C)c(C(=O)C[C@@]2(O)C(=O)N(Cc3ccccc3)c3ccc(Br)cc32)cc1C. The molecule has 1 heterocycles. The Morgan fingerprint density at radius 2 is 1.65 bits per heavy atom. The highest BCUT2D eigenvalue weighted by Gasteiger charge is 2.51. The van der Waals surface area contributed by atoms with Crippen LogP contribution in [0.5, 0.6) is 0 Å². The molecule has 3 aromatic carbocycles. The van der Waals surface area contributed by atoms with Crippen molar-refractivity contribution in [2.24, 2.45) is 0 Å². The molecule has 0 saturated carbocycles. The minimum atomic E-state index is -1.91. The number of rotatable bonds is 5. The Balaban J connectivity index is 1.73. The van der Waals surface area contributed by atoms with Gasteiger partial charge in [-0.15, -0.1) is 0 Å². The molecule has 0 saturated heterocycles. The zero-order valence-corrected chi connectivity index (χ0v) is 19.4. The number of aryl methyl sites for hydroxylation is 3. The van der Waals surface area contributed by atoms with E-state index >= 15 is 0 Å². The van der Waals surface area contributed by atoms with E-state index in [1.54, 1.807) is 11.0 Å². The van der Waals surface area contributed by atoms with Crippen LogP contribution in [0.25, 0.3) is 0 Å². The van der Waals surface area contributed by atoms with Crippen molar-refractivity contribution in [2.75, 3.05) is 4.90 Å². The van der Waals surface area contributed by atoms with Gasteiger partial charge in [-0.2, -0.15) is 0 Å². The average Bonchev–Trinajstić information content (AvgIpc) is 2.93. The standard InChI is InChI=1S/C26H24BrNO3/c1-16-11-18(3)21(12-17(16)2)24(29)14-26(31)22-13-20(27)9-10-23(22)28(25(26)30)15-19-7-5-4-6-8-19/h4-13,31H,14-15H2,1-3H3/t26-/m0/s1. The first kappa shape index (κ1) is 21.5. The molecule has 1 atom stereocenters. The number of nitrogens with zero attached hydrogens (tertiary/aromatic N) is 1. The number of carbonyl (C=O) groups excluding carboxylic acids is 2. The number of hydrogen-bond acceptors (Lipinski definition) is 3. The van der Waals surface area contributed by atoms with Gasteiger partial charge < -0.3 is 10.0 Å². The Morgan fingerprint density at radius 3 is 2.35 bits per heavy atom. The first-order valence-electron chi connectivity index (χ1n) is 10.2. The van der Waals surface area contributed by atoms with Gasteiger partial charge in [0.15, 0.2) is 11.4 Å². The zero-order chi connectivity index (χ0) is 22.3. The number of aliphatic hydroxyl groups is 1.